The van der Waals surface area contributed by atoms with Gasteiger partial charge in [0.15, 0.2) is 0 Å². The molecule has 1 saturated carbocycles. The van der Waals surface area contributed by atoms with Gasteiger partial charge in [0.25, 0.3) is 0 Å². The fraction of sp³-hybridized carbons (Fsp3) is 0.625. The third kappa shape index (κ3) is 5.87. The molecule has 1 aliphatic carbocycles. The highest BCUT2D eigenvalue weighted by atomic mass is 19.1. The Hall–Kier alpha value is -1.85. The summed E-state index contributed by atoms with van der Waals surface area (Å²) in [5, 5.41) is 5.83. The summed E-state index contributed by atoms with van der Waals surface area (Å²) >= 11 is 0. The standard InChI is InChI=1S/C16H24FN3O2/c1-12(17)11-22-15-9-13(7-8-18-15)10-19-16(21)20-14-5-3-2-4-6-14/h7-9,12,14H,2-6,10-11H2,1H3,(H2,19,20,21). The van der Waals surface area contributed by atoms with Gasteiger partial charge in [-0.1, -0.05) is 19.3 Å². The average Bonchev–Trinajstić information content (AvgIpc) is 2.52. The first-order chi connectivity index (χ1) is 10.6. The summed E-state index contributed by atoms with van der Waals surface area (Å²) in [4.78, 5) is 15.9. The van der Waals surface area contributed by atoms with Gasteiger partial charge in [0, 0.05) is 24.8 Å². The van der Waals surface area contributed by atoms with Crippen molar-refractivity contribution in [1.82, 2.24) is 15.6 Å². The Kier molecular flexibility index (Phi) is 6.43. The van der Waals surface area contributed by atoms with Crippen LogP contribution >= 0.6 is 0 Å². The first-order valence-corrected chi connectivity index (χ1v) is 7.89. The van der Waals surface area contributed by atoms with Crippen LogP contribution in [0.15, 0.2) is 18.3 Å². The number of halogens is 1. The van der Waals surface area contributed by atoms with Crippen LogP contribution < -0.4 is 15.4 Å². The average molecular weight is 309 g/mol. The molecule has 0 saturated heterocycles. The molecule has 0 aliphatic heterocycles. The molecule has 1 heterocycles. The minimum Gasteiger partial charge on any atom is -0.475 e. The van der Waals surface area contributed by atoms with Crippen LogP contribution in [0.25, 0.3) is 0 Å². The quantitative estimate of drug-likeness (QED) is 0.849. The van der Waals surface area contributed by atoms with Crippen molar-refractivity contribution in [2.24, 2.45) is 0 Å². The number of alkyl halides is 1. The molecule has 2 N–H and O–H groups in total. The maximum atomic E-state index is 12.7. The highest BCUT2D eigenvalue weighted by molar-refractivity contribution is 5.74. The molecule has 1 aromatic rings. The SMILES string of the molecule is CC(F)COc1cc(CNC(=O)NC2CCCCC2)ccn1. The molecule has 22 heavy (non-hydrogen) atoms. The number of nitrogens with zero attached hydrogens (tertiary/aromatic N) is 1. The summed E-state index contributed by atoms with van der Waals surface area (Å²) in [6.45, 7) is 1.80. The second kappa shape index (κ2) is 8.56. The smallest absolute Gasteiger partial charge is 0.315 e. The molecule has 5 nitrogen and oxygen atoms in total. The van der Waals surface area contributed by atoms with Crippen molar-refractivity contribution in [2.75, 3.05) is 6.61 Å². The minimum atomic E-state index is -1.04. The number of aromatic nitrogens is 1. The number of carbonyl (C=O) groups excluding carboxylic acids is 1. The summed E-state index contributed by atoms with van der Waals surface area (Å²) < 4.78 is 18.0. The van der Waals surface area contributed by atoms with E-state index in [1.54, 1.807) is 18.3 Å². The van der Waals surface area contributed by atoms with E-state index in [9.17, 15) is 9.18 Å². The summed E-state index contributed by atoms with van der Waals surface area (Å²) in [7, 11) is 0. The zero-order valence-electron chi connectivity index (χ0n) is 13.0. The third-order valence-corrected chi connectivity index (χ3v) is 3.65. The highest BCUT2D eigenvalue weighted by Gasteiger charge is 2.15. The van der Waals surface area contributed by atoms with Gasteiger partial charge in [-0.15, -0.1) is 0 Å². The van der Waals surface area contributed by atoms with Crippen molar-refractivity contribution in [1.29, 1.82) is 0 Å². The van der Waals surface area contributed by atoms with Gasteiger partial charge in [0.2, 0.25) is 5.88 Å². The van der Waals surface area contributed by atoms with Gasteiger partial charge in [-0.2, -0.15) is 0 Å². The molecular formula is C16H24FN3O2. The Balaban J connectivity index is 1.75. The number of carbonyl (C=O) groups is 1. The number of nitrogens with one attached hydrogen (secondary N) is 2. The van der Waals surface area contributed by atoms with E-state index >= 15 is 0 Å². The molecule has 0 bridgehead atoms. The first kappa shape index (κ1) is 16.5. The van der Waals surface area contributed by atoms with Crippen molar-refractivity contribution in [2.45, 2.75) is 57.8 Å². The van der Waals surface area contributed by atoms with E-state index in [1.165, 1.54) is 26.2 Å². The zero-order chi connectivity index (χ0) is 15.8. The summed E-state index contributed by atoms with van der Waals surface area (Å²) in [5.74, 6) is 0.372. The normalized spacial score (nSPS) is 16.8. The number of urea groups is 1. The number of pyridine rings is 1. The number of hydrogen-bond acceptors (Lipinski definition) is 3. The Bertz CT molecular complexity index is 476. The maximum Gasteiger partial charge on any atom is 0.315 e. The van der Waals surface area contributed by atoms with Crippen LogP contribution in [0.4, 0.5) is 9.18 Å². The van der Waals surface area contributed by atoms with Crippen molar-refractivity contribution in [3.63, 3.8) is 0 Å². The molecule has 1 aliphatic rings. The molecule has 0 aromatic carbocycles. The number of rotatable bonds is 6. The van der Waals surface area contributed by atoms with Crippen LogP contribution in [-0.2, 0) is 6.54 Å². The lowest BCUT2D eigenvalue weighted by Gasteiger charge is -2.22. The number of ether oxygens (including phenoxy) is 1. The lowest BCUT2D eigenvalue weighted by molar-refractivity contribution is 0.203. The minimum absolute atomic E-state index is 0.0218. The van der Waals surface area contributed by atoms with Gasteiger partial charge in [0.1, 0.15) is 12.8 Å². The molecule has 2 amide bonds. The van der Waals surface area contributed by atoms with Crippen molar-refractivity contribution >= 4 is 6.03 Å². The zero-order valence-corrected chi connectivity index (χ0v) is 13.0. The number of amides is 2. The summed E-state index contributed by atoms with van der Waals surface area (Å²) in [6.07, 6.45) is 6.30. The Morgan fingerprint density at radius 2 is 2.23 bits per heavy atom. The molecule has 1 fully saturated rings. The lowest BCUT2D eigenvalue weighted by Crippen LogP contribution is -2.42. The molecule has 6 heteroatoms. The summed E-state index contributed by atoms with van der Waals surface area (Å²) in [6, 6.07) is 3.65. The van der Waals surface area contributed by atoms with Crippen molar-refractivity contribution in [3.8, 4) is 5.88 Å². The Morgan fingerprint density at radius 3 is 2.95 bits per heavy atom. The van der Waals surface area contributed by atoms with Gasteiger partial charge < -0.3 is 15.4 Å². The van der Waals surface area contributed by atoms with Crippen LogP contribution in [0.1, 0.15) is 44.6 Å². The van der Waals surface area contributed by atoms with Gasteiger partial charge in [-0.05, 0) is 31.4 Å². The number of hydrogen-bond donors (Lipinski definition) is 2. The van der Waals surface area contributed by atoms with Crippen LogP contribution in [0.2, 0.25) is 0 Å². The van der Waals surface area contributed by atoms with Crippen LogP contribution in [0, 0.1) is 0 Å². The van der Waals surface area contributed by atoms with Crippen LogP contribution in [0.5, 0.6) is 5.88 Å². The molecule has 122 valence electrons. The van der Waals surface area contributed by atoms with E-state index in [0.29, 0.717) is 12.4 Å². The van der Waals surface area contributed by atoms with Gasteiger partial charge >= 0.3 is 6.03 Å². The molecule has 2 rings (SSSR count). The Morgan fingerprint density at radius 1 is 1.45 bits per heavy atom. The fourth-order valence-electron chi connectivity index (χ4n) is 2.51. The van der Waals surface area contributed by atoms with Gasteiger partial charge in [-0.25, -0.2) is 14.2 Å². The monoisotopic (exact) mass is 309 g/mol. The van der Waals surface area contributed by atoms with E-state index in [2.05, 4.69) is 15.6 Å². The van der Waals surface area contributed by atoms with E-state index in [0.717, 1.165) is 18.4 Å². The second-order valence-corrected chi connectivity index (χ2v) is 5.76. The molecule has 1 unspecified atom stereocenters. The van der Waals surface area contributed by atoms with Crippen molar-refractivity contribution in [3.05, 3.63) is 23.9 Å². The van der Waals surface area contributed by atoms with E-state index in [4.69, 9.17) is 4.74 Å². The highest BCUT2D eigenvalue weighted by Crippen LogP contribution is 2.17. The van der Waals surface area contributed by atoms with Crippen LogP contribution in [0.3, 0.4) is 0 Å². The molecular weight excluding hydrogens is 285 g/mol. The van der Waals surface area contributed by atoms with Crippen LogP contribution in [-0.4, -0.2) is 29.8 Å². The second-order valence-electron chi connectivity index (χ2n) is 5.76. The first-order valence-electron chi connectivity index (χ1n) is 7.89. The van der Waals surface area contributed by atoms with E-state index < -0.39 is 6.17 Å². The summed E-state index contributed by atoms with van der Waals surface area (Å²) in [5.41, 5.74) is 0.871. The molecule has 1 aromatic heterocycles. The van der Waals surface area contributed by atoms with Gasteiger partial charge in [0.05, 0.1) is 0 Å². The topological polar surface area (TPSA) is 63.2 Å². The maximum absolute atomic E-state index is 12.7. The molecule has 0 spiro atoms. The van der Waals surface area contributed by atoms with Gasteiger partial charge in [-0.3, -0.25) is 0 Å². The predicted octanol–water partition coefficient (Wildman–Crippen LogP) is 2.95. The molecule has 0 radical (unpaired) electrons. The Labute approximate surface area is 130 Å². The van der Waals surface area contributed by atoms with Crippen molar-refractivity contribution < 1.29 is 13.9 Å². The predicted molar refractivity (Wildman–Crippen MR) is 82.5 cm³/mol. The fourth-order valence-corrected chi connectivity index (χ4v) is 2.51. The van der Waals surface area contributed by atoms with E-state index in [-0.39, 0.29) is 18.7 Å². The molecule has 1 atom stereocenters. The third-order valence-electron chi connectivity index (χ3n) is 3.65. The largest absolute Gasteiger partial charge is 0.475 e. The lowest BCUT2D eigenvalue weighted by atomic mass is 9.96. The van der Waals surface area contributed by atoms with E-state index in [1.807, 2.05) is 0 Å².